The Morgan fingerprint density at radius 1 is 0.296 bits per heavy atom. The summed E-state index contributed by atoms with van der Waals surface area (Å²) in [7, 11) is -9.90. The Labute approximate surface area is 600 Å². The summed E-state index contributed by atoms with van der Waals surface area (Å²) in [4.78, 5) is 72.6. The fourth-order valence-corrected chi connectivity index (χ4v) is 13.7. The fourth-order valence-electron chi connectivity index (χ4n) is 12.2. The Kier molecular flexibility index (Phi) is 69.3. The molecule has 17 nitrogen and oxygen atoms in total. The number of aliphatic hydroxyl groups is 1. The fraction of sp³-hybridized carbons (Fsp3) is 0.949. The highest BCUT2D eigenvalue weighted by molar-refractivity contribution is 7.47. The summed E-state index contributed by atoms with van der Waals surface area (Å²) in [6, 6.07) is 0. The molecule has 3 N–H and O–H groups in total. The summed E-state index contributed by atoms with van der Waals surface area (Å²) >= 11 is 0. The van der Waals surface area contributed by atoms with E-state index in [-0.39, 0.29) is 25.7 Å². The second-order valence-electron chi connectivity index (χ2n) is 29.2. The van der Waals surface area contributed by atoms with Gasteiger partial charge in [0.15, 0.2) is 12.2 Å². The topological polar surface area (TPSA) is 237 Å². The molecule has 0 bridgehead atoms. The molecule has 582 valence electrons. The van der Waals surface area contributed by atoms with Crippen LogP contribution in [-0.2, 0) is 65.4 Å². The molecule has 0 amide bonds. The van der Waals surface area contributed by atoms with Gasteiger partial charge in [-0.3, -0.25) is 37.3 Å². The molecule has 98 heavy (non-hydrogen) atoms. The van der Waals surface area contributed by atoms with Gasteiger partial charge in [0.05, 0.1) is 26.4 Å². The van der Waals surface area contributed by atoms with E-state index in [2.05, 4.69) is 41.5 Å². The molecule has 0 heterocycles. The van der Waals surface area contributed by atoms with Crippen molar-refractivity contribution in [3.63, 3.8) is 0 Å². The molecular formula is C79H154O17P2. The normalized spacial score (nSPS) is 14.2. The lowest BCUT2D eigenvalue weighted by Gasteiger charge is -2.21. The van der Waals surface area contributed by atoms with Gasteiger partial charge in [0.2, 0.25) is 0 Å². The molecule has 0 rings (SSSR count). The predicted octanol–water partition coefficient (Wildman–Crippen LogP) is 23.5. The van der Waals surface area contributed by atoms with Crippen LogP contribution in [-0.4, -0.2) is 96.7 Å². The quantitative estimate of drug-likeness (QED) is 0.0222. The maximum Gasteiger partial charge on any atom is 0.472 e. The second-order valence-corrected chi connectivity index (χ2v) is 32.1. The van der Waals surface area contributed by atoms with Gasteiger partial charge >= 0.3 is 39.5 Å². The van der Waals surface area contributed by atoms with Crippen molar-refractivity contribution in [1.29, 1.82) is 0 Å². The second kappa shape index (κ2) is 70.7. The Balaban J connectivity index is 5.10. The predicted molar refractivity (Wildman–Crippen MR) is 400 cm³/mol. The first-order valence-corrected chi connectivity index (χ1v) is 44.0. The molecule has 3 unspecified atom stereocenters. The number of carbonyl (C=O) groups excluding carboxylic acids is 4. The average Bonchev–Trinajstić information content (AvgIpc) is 1.13. The van der Waals surface area contributed by atoms with Crippen molar-refractivity contribution in [3.8, 4) is 0 Å². The minimum atomic E-state index is -4.96. The van der Waals surface area contributed by atoms with Crippen molar-refractivity contribution in [1.82, 2.24) is 0 Å². The van der Waals surface area contributed by atoms with Crippen molar-refractivity contribution in [2.45, 2.75) is 432 Å². The highest BCUT2D eigenvalue weighted by atomic mass is 31.2. The number of esters is 4. The summed E-state index contributed by atoms with van der Waals surface area (Å²) in [5, 5.41) is 10.6. The number of aliphatic hydroxyl groups excluding tert-OH is 1. The van der Waals surface area contributed by atoms with E-state index in [1.165, 1.54) is 212 Å². The lowest BCUT2D eigenvalue weighted by Crippen LogP contribution is -2.30. The molecule has 0 radical (unpaired) electrons. The maximum atomic E-state index is 13.1. The Morgan fingerprint density at radius 3 is 0.776 bits per heavy atom. The zero-order valence-corrected chi connectivity index (χ0v) is 65.9. The first-order chi connectivity index (χ1) is 47.4. The standard InChI is InChI=1S/C79H154O17P2/c1-7-10-12-14-16-44-51-57-63-78(83)95-74(67-89-76(81)61-55-49-41-15-13-11-8-2)69-93-97(85,86)91-65-73(80)66-92-98(87,88)94-70-75(68-90-77(82)62-56-50-45-39-35-31-27-23-19-17-21-25-29-33-37-42-47-53-59-71(4)5)96-79(84)64-58-52-46-40-36-32-28-24-20-18-22-26-30-34-38-43-48-54-60-72(6)9-3/h71-75,80H,7-70H2,1-6H3,(H,85,86)(H,87,88)/t72?,73-,74+,75+/m0/s1. The summed E-state index contributed by atoms with van der Waals surface area (Å²) in [5.41, 5.74) is 0. The van der Waals surface area contributed by atoms with Gasteiger partial charge in [-0.1, -0.05) is 363 Å². The van der Waals surface area contributed by atoms with E-state index < -0.39 is 97.5 Å². The van der Waals surface area contributed by atoms with Crippen LogP contribution in [0.2, 0.25) is 0 Å². The van der Waals surface area contributed by atoms with Crippen LogP contribution in [0.4, 0.5) is 0 Å². The first kappa shape index (κ1) is 96.1. The van der Waals surface area contributed by atoms with Gasteiger partial charge in [0.25, 0.3) is 0 Å². The maximum absolute atomic E-state index is 13.1. The SMILES string of the molecule is CCCCCCCCCCC(=O)O[C@H](COC(=O)CCCCCCCCC)COP(=O)(O)OC[C@H](O)COP(=O)(O)OC[C@@H](COC(=O)CCCCCCCCCCCCCCCCCCCCC(C)C)OC(=O)CCCCCCCCCCCCCCCCCCCCC(C)CC. The number of phosphoric acid groups is 2. The number of hydrogen-bond donors (Lipinski definition) is 3. The minimum Gasteiger partial charge on any atom is -0.462 e. The zero-order chi connectivity index (χ0) is 72.1. The number of phosphoric ester groups is 2. The van der Waals surface area contributed by atoms with E-state index in [0.717, 1.165) is 121 Å². The molecule has 0 fully saturated rings. The third-order valence-electron chi connectivity index (χ3n) is 18.8. The van der Waals surface area contributed by atoms with Crippen molar-refractivity contribution < 1.29 is 80.2 Å². The van der Waals surface area contributed by atoms with Gasteiger partial charge in [-0.15, -0.1) is 0 Å². The number of unbranched alkanes of at least 4 members (excludes halogenated alkanes) is 47. The molecule has 0 spiro atoms. The zero-order valence-electron chi connectivity index (χ0n) is 64.1. The van der Waals surface area contributed by atoms with Crippen LogP contribution in [0.1, 0.15) is 414 Å². The van der Waals surface area contributed by atoms with E-state index in [4.69, 9.17) is 37.0 Å². The highest BCUT2D eigenvalue weighted by Gasteiger charge is 2.30. The van der Waals surface area contributed by atoms with Crippen molar-refractivity contribution >= 4 is 39.5 Å². The first-order valence-electron chi connectivity index (χ1n) is 41.0. The summed E-state index contributed by atoms with van der Waals surface area (Å²) in [6.45, 7) is 9.64. The third kappa shape index (κ3) is 71.1. The van der Waals surface area contributed by atoms with Gasteiger partial charge in [-0.05, 0) is 37.5 Å². The molecule has 0 aromatic rings. The summed E-state index contributed by atoms with van der Waals surface area (Å²) in [6.07, 6.45) is 60.1. The van der Waals surface area contributed by atoms with Crippen LogP contribution in [0.25, 0.3) is 0 Å². The van der Waals surface area contributed by atoms with E-state index in [1.54, 1.807) is 0 Å². The van der Waals surface area contributed by atoms with Gasteiger partial charge in [0.1, 0.15) is 19.3 Å². The monoisotopic (exact) mass is 1440 g/mol. The number of carbonyl (C=O) groups is 4. The van der Waals surface area contributed by atoms with Crippen LogP contribution in [0, 0.1) is 11.8 Å². The Bertz CT molecular complexity index is 1890. The van der Waals surface area contributed by atoms with E-state index in [1.807, 2.05) is 0 Å². The molecule has 0 aliphatic carbocycles. The largest absolute Gasteiger partial charge is 0.472 e. The third-order valence-corrected chi connectivity index (χ3v) is 20.7. The van der Waals surface area contributed by atoms with Crippen molar-refractivity contribution in [3.05, 3.63) is 0 Å². The molecule has 0 aliphatic heterocycles. The Morgan fingerprint density at radius 2 is 0.520 bits per heavy atom. The minimum absolute atomic E-state index is 0.105. The van der Waals surface area contributed by atoms with Crippen LogP contribution < -0.4 is 0 Å². The van der Waals surface area contributed by atoms with Gasteiger partial charge in [-0.25, -0.2) is 9.13 Å². The van der Waals surface area contributed by atoms with Gasteiger partial charge in [-0.2, -0.15) is 0 Å². The molecule has 19 heteroatoms. The molecule has 0 aromatic heterocycles. The van der Waals surface area contributed by atoms with Gasteiger partial charge in [0, 0.05) is 25.7 Å². The molecule has 0 saturated carbocycles. The van der Waals surface area contributed by atoms with Crippen LogP contribution >= 0.6 is 15.6 Å². The average molecular weight is 1440 g/mol. The van der Waals surface area contributed by atoms with E-state index in [9.17, 15) is 43.2 Å². The van der Waals surface area contributed by atoms with Crippen LogP contribution in [0.15, 0.2) is 0 Å². The lowest BCUT2D eigenvalue weighted by atomic mass is 9.99. The number of rotatable bonds is 78. The highest BCUT2D eigenvalue weighted by Crippen LogP contribution is 2.45. The molecular weight excluding hydrogens is 1280 g/mol. The van der Waals surface area contributed by atoms with Crippen molar-refractivity contribution in [2.75, 3.05) is 39.6 Å². The lowest BCUT2D eigenvalue weighted by molar-refractivity contribution is -0.161. The number of hydrogen-bond acceptors (Lipinski definition) is 15. The van der Waals surface area contributed by atoms with Crippen LogP contribution in [0.5, 0.6) is 0 Å². The Hall–Kier alpha value is -1.94. The summed E-state index contributed by atoms with van der Waals surface area (Å²) in [5.74, 6) is -0.427. The van der Waals surface area contributed by atoms with E-state index >= 15 is 0 Å². The number of ether oxygens (including phenoxy) is 4. The molecule has 6 atom stereocenters. The van der Waals surface area contributed by atoms with Crippen molar-refractivity contribution in [2.24, 2.45) is 11.8 Å². The van der Waals surface area contributed by atoms with E-state index in [0.29, 0.717) is 25.7 Å². The molecule has 0 aliphatic rings. The molecule has 0 aromatic carbocycles. The smallest absolute Gasteiger partial charge is 0.462 e. The van der Waals surface area contributed by atoms with Gasteiger partial charge < -0.3 is 33.8 Å². The summed E-state index contributed by atoms with van der Waals surface area (Å²) < 4.78 is 68.3. The van der Waals surface area contributed by atoms with Crippen LogP contribution in [0.3, 0.4) is 0 Å². The molecule has 0 saturated heterocycles.